The van der Waals surface area contributed by atoms with Gasteiger partial charge in [-0.05, 0) is 62.4 Å². The Kier molecular flexibility index (Phi) is 5.70. The molecule has 0 radical (unpaired) electrons. The molecule has 0 aliphatic rings. The SMILES string of the molecule is CCOCCCn1c(-c2sc3ccc(Cl)cc3c2C)cc(C(N)=O)c1C. The van der Waals surface area contributed by atoms with E-state index in [1.54, 1.807) is 11.3 Å². The van der Waals surface area contributed by atoms with E-state index in [-0.39, 0.29) is 0 Å². The van der Waals surface area contributed by atoms with Gasteiger partial charge in [0, 0.05) is 35.2 Å². The monoisotopic (exact) mass is 390 g/mol. The van der Waals surface area contributed by atoms with Crippen molar-refractivity contribution < 1.29 is 9.53 Å². The van der Waals surface area contributed by atoms with Crippen LogP contribution in [0.15, 0.2) is 24.3 Å². The van der Waals surface area contributed by atoms with E-state index in [9.17, 15) is 4.79 Å². The van der Waals surface area contributed by atoms with Crippen molar-refractivity contribution in [3.8, 4) is 10.6 Å². The highest BCUT2D eigenvalue weighted by molar-refractivity contribution is 7.22. The maximum absolute atomic E-state index is 11.9. The van der Waals surface area contributed by atoms with Crippen LogP contribution in [0.1, 0.15) is 35.0 Å². The van der Waals surface area contributed by atoms with Gasteiger partial charge in [0.05, 0.1) is 16.1 Å². The summed E-state index contributed by atoms with van der Waals surface area (Å²) in [7, 11) is 0. The highest BCUT2D eigenvalue weighted by atomic mass is 35.5. The van der Waals surface area contributed by atoms with Crippen molar-refractivity contribution in [2.24, 2.45) is 5.73 Å². The number of benzene rings is 1. The Morgan fingerprint density at radius 1 is 1.31 bits per heavy atom. The summed E-state index contributed by atoms with van der Waals surface area (Å²) in [5.74, 6) is -0.394. The quantitative estimate of drug-likeness (QED) is 0.566. The number of aromatic nitrogens is 1. The molecule has 0 atom stereocenters. The van der Waals surface area contributed by atoms with Crippen molar-refractivity contribution in [3.63, 3.8) is 0 Å². The van der Waals surface area contributed by atoms with E-state index in [1.165, 1.54) is 10.3 Å². The fourth-order valence-corrected chi connectivity index (χ4v) is 4.66. The molecule has 0 fully saturated rings. The van der Waals surface area contributed by atoms with Crippen molar-refractivity contribution >= 4 is 38.9 Å². The molecule has 0 saturated heterocycles. The molecule has 2 aromatic heterocycles. The highest BCUT2D eigenvalue weighted by Crippen LogP contribution is 2.40. The van der Waals surface area contributed by atoms with Crippen LogP contribution < -0.4 is 5.73 Å². The van der Waals surface area contributed by atoms with Gasteiger partial charge in [-0.25, -0.2) is 0 Å². The number of hydrogen-bond donors (Lipinski definition) is 1. The Morgan fingerprint density at radius 3 is 2.77 bits per heavy atom. The summed E-state index contributed by atoms with van der Waals surface area (Å²) >= 11 is 7.89. The number of fused-ring (bicyclic) bond motifs is 1. The molecule has 1 aromatic carbocycles. The van der Waals surface area contributed by atoms with Gasteiger partial charge in [-0.1, -0.05) is 11.6 Å². The lowest BCUT2D eigenvalue weighted by molar-refractivity contribution is 0.0999. The largest absolute Gasteiger partial charge is 0.382 e. The number of rotatable bonds is 7. The Bertz CT molecular complexity index is 959. The van der Waals surface area contributed by atoms with Gasteiger partial charge in [-0.3, -0.25) is 4.79 Å². The first kappa shape index (κ1) is 19.0. The molecule has 0 bridgehead atoms. The number of amides is 1. The Balaban J connectivity index is 2.10. The average Bonchev–Trinajstić information content (AvgIpc) is 3.10. The van der Waals surface area contributed by atoms with Crippen LogP contribution in [0, 0.1) is 13.8 Å². The van der Waals surface area contributed by atoms with Gasteiger partial charge in [-0.2, -0.15) is 0 Å². The first-order valence-corrected chi connectivity index (χ1v) is 9.90. The minimum Gasteiger partial charge on any atom is -0.382 e. The number of halogens is 1. The summed E-state index contributed by atoms with van der Waals surface area (Å²) < 4.78 is 8.82. The van der Waals surface area contributed by atoms with Crippen molar-refractivity contribution in [2.45, 2.75) is 33.7 Å². The number of carbonyl (C=O) groups excluding carboxylic acids is 1. The third-order valence-corrected chi connectivity index (χ3v) is 6.17. The third-order valence-electron chi connectivity index (χ3n) is 4.64. The van der Waals surface area contributed by atoms with Crippen molar-refractivity contribution in [1.82, 2.24) is 4.57 Å². The predicted molar refractivity (Wildman–Crippen MR) is 109 cm³/mol. The summed E-state index contributed by atoms with van der Waals surface area (Å²) in [6, 6.07) is 7.86. The number of hydrogen-bond acceptors (Lipinski definition) is 3. The lowest BCUT2D eigenvalue weighted by Gasteiger charge is -2.12. The van der Waals surface area contributed by atoms with Gasteiger partial charge in [0.15, 0.2) is 0 Å². The first-order valence-electron chi connectivity index (χ1n) is 8.70. The number of thiophene rings is 1. The van der Waals surface area contributed by atoms with E-state index in [4.69, 9.17) is 22.1 Å². The van der Waals surface area contributed by atoms with Crippen LogP contribution in [-0.2, 0) is 11.3 Å². The van der Waals surface area contributed by atoms with E-state index in [1.807, 2.05) is 38.1 Å². The molecule has 0 spiro atoms. The summed E-state index contributed by atoms with van der Waals surface area (Å²) in [5, 5.41) is 1.88. The number of primary amides is 1. The van der Waals surface area contributed by atoms with Crippen LogP contribution >= 0.6 is 22.9 Å². The standard InChI is InChI=1S/C20H23ClN2O2S/c1-4-25-9-5-8-23-13(3)16(20(22)24)11-17(23)19-12(2)15-10-14(21)6-7-18(15)26-19/h6-7,10-11H,4-5,8-9H2,1-3H3,(H2,22,24). The van der Waals surface area contributed by atoms with Crippen LogP contribution in [0.25, 0.3) is 20.7 Å². The number of aryl methyl sites for hydroxylation is 1. The lowest BCUT2D eigenvalue weighted by Crippen LogP contribution is -2.13. The molecule has 4 nitrogen and oxygen atoms in total. The number of carbonyl (C=O) groups is 1. The molecule has 2 heterocycles. The molecular formula is C20H23ClN2O2S. The lowest BCUT2D eigenvalue weighted by atomic mass is 10.1. The van der Waals surface area contributed by atoms with Crippen LogP contribution in [0.4, 0.5) is 0 Å². The Morgan fingerprint density at radius 2 is 2.08 bits per heavy atom. The molecule has 1 amide bonds. The fourth-order valence-electron chi connectivity index (χ4n) is 3.28. The minimum atomic E-state index is -0.394. The van der Waals surface area contributed by atoms with Gasteiger partial charge < -0.3 is 15.0 Å². The molecule has 6 heteroatoms. The number of nitrogens with two attached hydrogens (primary N) is 1. The highest BCUT2D eigenvalue weighted by Gasteiger charge is 2.20. The molecule has 0 saturated carbocycles. The third kappa shape index (κ3) is 3.52. The molecule has 0 aliphatic heterocycles. The van der Waals surface area contributed by atoms with Crippen molar-refractivity contribution in [1.29, 1.82) is 0 Å². The normalized spacial score (nSPS) is 11.4. The van der Waals surface area contributed by atoms with Gasteiger partial charge in [0.2, 0.25) is 0 Å². The zero-order valence-electron chi connectivity index (χ0n) is 15.3. The minimum absolute atomic E-state index is 0.394. The fraction of sp³-hybridized carbons (Fsp3) is 0.350. The molecule has 0 aliphatic carbocycles. The summed E-state index contributed by atoms with van der Waals surface area (Å²) in [4.78, 5) is 13.0. The van der Waals surface area contributed by atoms with E-state index in [2.05, 4.69) is 11.5 Å². The first-order chi connectivity index (χ1) is 12.4. The average molecular weight is 391 g/mol. The second kappa shape index (κ2) is 7.82. The van der Waals surface area contributed by atoms with Crippen molar-refractivity contribution in [3.05, 3.63) is 46.1 Å². The molecule has 138 valence electrons. The molecule has 0 unspecified atom stereocenters. The second-order valence-corrected chi connectivity index (χ2v) is 7.78. The van der Waals surface area contributed by atoms with Crippen molar-refractivity contribution in [2.75, 3.05) is 13.2 Å². The molecular weight excluding hydrogens is 368 g/mol. The van der Waals surface area contributed by atoms with Crippen LogP contribution in [-0.4, -0.2) is 23.7 Å². The Labute approximate surface area is 162 Å². The summed E-state index contributed by atoms with van der Waals surface area (Å²) in [5.41, 5.74) is 9.27. The Hall–Kier alpha value is -1.82. The zero-order valence-corrected chi connectivity index (χ0v) is 16.8. The van der Waals surface area contributed by atoms with E-state index in [0.717, 1.165) is 39.6 Å². The smallest absolute Gasteiger partial charge is 0.250 e. The van der Waals surface area contributed by atoms with Gasteiger partial charge in [0.25, 0.3) is 5.91 Å². The van der Waals surface area contributed by atoms with Crippen LogP contribution in [0.5, 0.6) is 0 Å². The molecule has 3 rings (SSSR count). The van der Waals surface area contributed by atoms with E-state index < -0.39 is 5.91 Å². The van der Waals surface area contributed by atoms with Crippen LogP contribution in [0.3, 0.4) is 0 Å². The maximum atomic E-state index is 11.9. The van der Waals surface area contributed by atoms with Gasteiger partial charge >= 0.3 is 0 Å². The molecule has 2 N–H and O–H groups in total. The van der Waals surface area contributed by atoms with E-state index in [0.29, 0.717) is 18.8 Å². The molecule has 26 heavy (non-hydrogen) atoms. The van der Waals surface area contributed by atoms with E-state index >= 15 is 0 Å². The number of ether oxygens (including phenoxy) is 1. The van der Waals surface area contributed by atoms with Gasteiger partial charge in [0.1, 0.15) is 0 Å². The zero-order chi connectivity index (χ0) is 18.8. The van der Waals surface area contributed by atoms with Crippen LogP contribution in [0.2, 0.25) is 5.02 Å². The summed E-state index contributed by atoms with van der Waals surface area (Å²) in [6.07, 6.45) is 0.879. The molecule has 3 aromatic rings. The van der Waals surface area contributed by atoms with Gasteiger partial charge in [-0.15, -0.1) is 11.3 Å². The number of nitrogens with zero attached hydrogens (tertiary/aromatic N) is 1. The second-order valence-electron chi connectivity index (χ2n) is 6.29. The topological polar surface area (TPSA) is 57.2 Å². The predicted octanol–water partition coefficient (Wildman–Crippen LogP) is 5.17. The maximum Gasteiger partial charge on any atom is 0.250 e. The summed E-state index contributed by atoms with van der Waals surface area (Å²) in [6.45, 7) is 8.22.